The number of carbonyl (C=O) groups excluding carboxylic acids is 1. The van der Waals surface area contributed by atoms with Crippen molar-refractivity contribution in [1.82, 2.24) is 4.31 Å². The van der Waals surface area contributed by atoms with Crippen molar-refractivity contribution in [3.63, 3.8) is 0 Å². The van der Waals surface area contributed by atoms with Gasteiger partial charge in [0.1, 0.15) is 0 Å². The normalized spacial score (nSPS) is 12.7. The highest BCUT2D eigenvalue weighted by atomic mass is 32.2. The van der Waals surface area contributed by atoms with Crippen molar-refractivity contribution in [3.05, 3.63) is 65.7 Å². The zero-order valence-electron chi connectivity index (χ0n) is 16.4. The van der Waals surface area contributed by atoms with Gasteiger partial charge in [-0.1, -0.05) is 48.0 Å². The van der Waals surface area contributed by atoms with Crippen LogP contribution in [0.5, 0.6) is 0 Å². The van der Waals surface area contributed by atoms with E-state index in [1.807, 2.05) is 37.3 Å². The summed E-state index contributed by atoms with van der Waals surface area (Å²) < 4.78 is 33.3. The number of sulfonamides is 1. The number of rotatable bonds is 10. The lowest BCUT2D eigenvalue weighted by Crippen LogP contribution is -2.38. The molecule has 2 N–H and O–H groups in total. The molecule has 2 aromatic carbocycles. The Kier molecular flexibility index (Phi) is 8.17. The molecule has 0 aliphatic carbocycles. The lowest BCUT2D eigenvalue weighted by molar-refractivity contribution is -0.144. The van der Waals surface area contributed by atoms with E-state index in [0.29, 0.717) is 13.0 Å². The van der Waals surface area contributed by atoms with Crippen LogP contribution >= 0.6 is 0 Å². The number of hydrogen-bond donors (Lipinski definition) is 1. The van der Waals surface area contributed by atoms with Crippen LogP contribution in [-0.2, 0) is 19.6 Å². The van der Waals surface area contributed by atoms with E-state index in [0.717, 1.165) is 11.1 Å². The van der Waals surface area contributed by atoms with Gasteiger partial charge in [-0.2, -0.15) is 4.31 Å². The van der Waals surface area contributed by atoms with Gasteiger partial charge in [0.25, 0.3) is 0 Å². The summed E-state index contributed by atoms with van der Waals surface area (Å²) in [6.07, 6.45) is 0.421. The van der Waals surface area contributed by atoms with Crippen molar-refractivity contribution in [1.29, 1.82) is 0 Å². The highest BCUT2D eigenvalue weighted by Crippen LogP contribution is 2.31. The fourth-order valence-corrected chi connectivity index (χ4v) is 4.63. The van der Waals surface area contributed by atoms with Gasteiger partial charge < -0.3 is 10.5 Å². The molecule has 0 spiro atoms. The first-order valence-electron chi connectivity index (χ1n) is 9.39. The van der Waals surface area contributed by atoms with Crippen molar-refractivity contribution in [2.24, 2.45) is 5.73 Å². The number of ether oxygens (including phenoxy) is 1. The molecule has 28 heavy (non-hydrogen) atoms. The first-order chi connectivity index (χ1) is 13.4. The van der Waals surface area contributed by atoms with E-state index in [4.69, 9.17) is 10.5 Å². The van der Waals surface area contributed by atoms with Gasteiger partial charge in [-0.05, 0) is 44.5 Å². The van der Waals surface area contributed by atoms with Gasteiger partial charge in [-0.15, -0.1) is 0 Å². The van der Waals surface area contributed by atoms with Gasteiger partial charge in [0.15, 0.2) is 0 Å². The molecule has 0 aliphatic heterocycles. The minimum atomic E-state index is -3.83. The van der Waals surface area contributed by atoms with Gasteiger partial charge in [-0.25, -0.2) is 8.42 Å². The molecule has 1 atom stereocenters. The number of esters is 1. The zero-order valence-corrected chi connectivity index (χ0v) is 17.2. The number of nitrogens with zero attached hydrogens (tertiary/aromatic N) is 1. The Balaban J connectivity index is 2.50. The minimum absolute atomic E-state index is 0.0620. The Hall–Kier alpha value is -2.22. The van der Waals surface area contributed by atoms with E-state index in [9.17, 15) is 13.2 Å². The average Bonchev–Trinajstić information content (AvgIpc) is 2.68. The molecule has 0 aliphatic rings. The molecule has 0 saturated carbocycles. The number of nitrogens with two attached hydrogens (primary N) is 1. The summed E-state index contributed by atoms with van der Waals surface area (Å²) in [5.41, 5.74) is 7.36. The van der Waals surface area contributed by atoms with E-state index in [1.54, 1.807) is 31.2 Å². The summed E-state index contributed by atoms with van der Waals surface area (Å²) in [4.78, 5) is 12.4. The van der Waals surface area contributed by atoms with Gasteiger partial charge in [0.05, 0.1) is 24.0 Å². The Morgan fingerprint density at radius 2 is 1.75 bits per heavy atom. The van der Waals surface area contributed by atoms with Crippen molar-refractivity contribution in [2.45, 2.75) is 37.6 Å². The van der Waals surface area contributed by atoms with Gasteiger partial charge in [0.2, 0.25) is 10.0 Å². The Morgan fingerprint density at radius 3 is 2.32 bits per heavy atom. The largest absolute Gasteiger partial charge is 0.466 e. The fourth-order valence-electron chi connectivity index (χ4n) is 2.98. The second-order valence-electron chi connectivity index (χ2n) is 6.51. The molecule has 152 valence electrons. The molecular weight excluding hydrogens is 376 g/mol. The maximum Gasteiger partial charge on any atom is 0.307 e. The first-order valence-corrected chi connectivity index (χ1v) is 10.8. The van der Waals surface area contributed by atoms with Gasteiger partial charge >= 0.3 is 5.97 Å². The van der Waals surface area contributed by atoms with E-state index in [1.165, 1.54) is 4.31 Å². The molecule has 0 fully saturated rings. The molecule has 0 heterocycles. The van der Waals surface area contributed by atoms with Crippen LogP contribution in [0.15, 0.2) is 59.5 Å². The quantitative estimate of drug-likeness (QED) is 0.615. The van der Waals surface area contributed by atoms with Crippen LogP contribution in [0.3, 0.4) is 0 Å². The summed E-state index contributed by atoms with van der Waals surface area (Å²) in [6.45, 7) is 4.43. The highest BCUT2D eigenvalue weighted by molar-refractivity contribution is 7.89. The Bertz CT molecular complexity index is 852. The lowest BCUT2D eigenvalue weighted by atomic mass is 10.0. The van der Waals surface area contributed by atoms with Crippen LogP contribution < -0.4 is 5.73 Å². The summed E-state index contributed by atoms with van der Waals surface area (Å²) in [5.74, 6) is -0.437. The topological polar surface area (TPSA) is 89.7 Å². The molecular formula is C21H28N2O4S. The number of aryl methyl sites for hydroxylation is 1. The molecule has 0 saturated heterocycles. The third kappa shape index (κ3) is 5.64. The maximum absolute atomic E-state index is 13.4. The fraction of sp³-hybridized carbons (Fsp3) is 0.381. The molecule has 0 aromatic heterocycles. The maximum atomic E-state index is 13.4. The molecule has 0 radical (unpaired) electrons. The molecule has 2 rings (SSSR count). The highest BCUT2D eigenvalue weighted by Gasteiger charge is 2.33. The van der Waals surface area contributed by atoms with Crippen molar-refractivity contribution >= 4 is 16.0 Å². The van der Waals surface area contributed by atoms with Crippen molar-refractivity contribution in [3.8, 4) is 0 Å². The van der Waals surface area contributed by atoms with Crippen LogP contribution in [0.25, 0.3) is 0 Å². The number of carbonyl (C=O) groups is 1. The first kappa shape index (κ1) is 22.1. The molecule has 0 amide bonds. The summed E-state index contributed by atoms with van der Waals surface area (Å²) in [6, 6.07) is 15.2. The van der Waals surface area contributed by atoms with Crippen LogP contribution in [0.1, 0.15) is 36.9 Å². The van der Waals surface area contributed by atoms with Crippen molar-refractivity contribution in [2.75, 3.05) is 19.7 Å². The summed E-state index contributed by atoms with van der Waals surface area (Å²) in [5, 5.41) is 0. The van der Waals surface area contributed by atoms with Crippen LogP contribution in [-0.4, -0.2) is 38.4 Å². The minimum Gasteiger partial charge on any atom is -0.466 e. The van der Waals surface area contributed by atoms with E-state index in [2.05, 4.69) is 0 Å². The molecule has 0 bridgehead atoms. The van der Waals surface area contributed by atoms with Gasteiger partial charge in [-0.3, -0.25) is 4.79 Å². The van der Waals surface area contributed by atoms with Crippen LogP contribution in [0.4, 0.5) is 0 Å². The van der Waals surface area contributed by atoms with E-state index >= 15 is 0 Å². The third-order valence-electron chi connectivity index (χ3n) is 4.41. The second kappa shape index (κ2) is 10.4. The number of benzene rings is 2. The van der Waals surface area contributed by atoms with Gasteiger partial charge in [0, 0.05) is 6.54 Å². The Labute approximate surface area is 167 Å². The molecule has 7 heteroatoms. The van der Waals surface area contributed by atoms with Crippen LogP contribution in [0, 0.1) is 6.92 Å². The van der Waals surface area contributed by atoms with Crippen LogP contribution in [0.2, 0.25) is 0 Å². The predicted molar refractivity (Wildman–Crippen MR) is 109 cm³/mol. The lowest BCUT2D eigenvalue weighted by Gasteiger charge is -2.31. The second-order valence-corrected chi connectivity index (χ2v) is 8.40. The molecule has 2 aromatic rings. The predicted octanol–water partition coefficient (Wildman–Crippen LogP) is 3.03. The number of hydrogen-bond acceptors (Lipinski definition) is 5. The van der Waals surface area contributed by atoms with E-state index < -0.39 is 22.0 Å². The standard InChI is InChI=1S/C21H28N2O4S/c1-3-27-21(24)16-20(18-8-5-4-6-9-18)23(15-7-14-22)28(25,26)19-12-10-17(2)11-13-19/h4-6,8-13,20H,3,7,14-16,22H2,1-2H3. The monoisotopic (exact) mass is 404 g/mol. The summed E-state index contributed by atoms with van der Waals surface area (Å²) in [7, 11) is -3.83. The van der Waals surface area contributed by atoms with Crippen molar-refractivity contribution < 1.29 is 17.9 Å². The third-order valence-corrected chi connectivity index (χ3v) is 6.33. The average molecular weight is 405 g/mol. The zero-order chi connectivity index (χ0) is 20.6. The SMILES string of the molecule is CCOC(=O)CC(c1ccccc1)N(CCCN)S(=O)(=O)c1ccc(C)cc1. The smallest absolute Gasteiger partial charge is 0.307 e. The Morgan fingerprint density at radius 1 is 1.11 bits per heavy atom. The molecule has 6 nitrogen and oxygen atoms in total. The molecule has 1 unspecified atom stereocenters. The summed E-state index contributed by atoms with van der Waals surface area (Å²) >= 11 is 0. The van der Waals surface area contributed by atoms with E-state index in [-0.39, 0.29) is 24.5 Å².